The second kappa shape index (κ2) is 5.25. The van der Waals surface area contributed by atoms with Crippen molar-refractivity contribution in [2.24, 2.45) is 0 Å². The van der Waals surface area contributed by atoms with E-state index in [0.717, 1.165) is 16.9 Å². The molecule has 0 aliphatic rings. The number of carboxylic acid groups (broad SMARTS) is 1. The van der Waals surface area contributed by atoms with Crippen LogP contribution in [0.15, 0.2) is 36.4 Å². The molecule has 0 aliphatic carbocycles. The number of benzene rings is 1. The van der Waals surface area contributed by atoms with Gasteiger partial charge in [-0.2, -0.15) is 5.10 Å². The van der Waals surface area contributed by atoms with Crippen LogP contribution in [0.2, 0.25) is 0 Å². The summed E-state index contributed by atoms with van der Waals surface area (Å²) in [5.41, 5.74) is 0.540. The lowest BCUT2D eigenvalue weighted by atomic mass is 10.2. The summed E-state index contributed by atoms with van der Waals surface area (Å²) in [6, 6.07) is 10.5. The molecule has 0 radical (unpaired) electrons. The molecule has 2 aromatic heterocycles. The van der Waals surface area contributed by atoms with E-state index in [9.17, 15) is 13.6 Å². The van der Waals surface area contributed by atoms with Crippen molar-refractivity contribution in [3.8, 4) is 0 Å². The average Bonchev–Trinajstić information content (AvgIpc) is 3.00. The minimum atomic E-state index is -2.74. The van der Waals surface area contributed by atoms with Gasteiger partial charge < -0.3 is 5.11 Å². The van der Waals surface area contributed by atoms with E-state index in [1.165, 1.54) is 10.7 Å². The van der Waals surface area contributed by atoms with Gasteiger partial charge in [0.05, 0.1) is 6.54 Å². The Morgan fingerprint density at radius 1 is 1.33 bits per heavy atom. The maximum Gasteiger partial charge on any atom is 0.345 e. The Bertz CT molecular complexity index is 796. The molecule has 0 saturated heterocycles. The zero-order valence-corrected chi connectivity index (χ0v) is 11.5. The Labute approximate surface area is 122 Å². The highest BCUT2D eigenvalue weighted by Crippen LogP contribution is 2.33. The van der Waals surface area contributed by atoms with Gasteiger partial charge in [-0.3, -0.25) is 0 Å². The number of hydrogen-bond acceptors (Lipinski definition) is 3. The lowest BCUT2D eigenvalue weighted by Gasteiger charge is -2.02. The molecule has 1 N–H and O–H groups in total. The number of aromatic nitrogens is 2. The number of aromatic carboxylic acids is 1. The van der Waals surface area contributed by atoms with Crippen molar-refractivity contribution in [1.82, 2.24) is 9.78 Å². The number of halogens is 2. The lowest BCUT2D eigenvalue weighted by molar-refractivity contribution is 0.0702. The van der Waals surface area contributed by atoms with Crippen LogP contribution in [0.3, 0.4) is 0 Å². The van der Waals surface area contributed by atoms with Gasteiger partial charge in [-0.25, -0.2) is 18.3 Å². The molecular weight excluding hydrogens is 298 g/mol. The minimum absolute atomic E-state index is 0.0334. The summed E-state index contributed by atoms with van der Waals surface area (Å²) < 4.78 is 27.5. The molecule has 4 nitrogen and oxygen atoms in total. The Balaban J connectivity index is 2.11. The van der Waals surface area contributed by atoms with Crippen molar-refractivity contribution in [2.45, 2.75) is 13.0 Å². The van der Waals surface area contributed by atoms with Gasteiger partial charge in [-0.1, -0.05) is 30.3 Å². The number of fused-ring (bicyclic) bond motifs is 1. The molecule has 0 spiro atoms. The van der Waals surface area contributed by atoms with Crippen LogP contribution in [0.4, 0.5) is 8.78 Å². The standard InChI is InChI=1S/C14H10F2N2O2S/c15-12(16)11-9-6-10(14(19)20)21-13(9)18(17-11)7-8-4-2-1-3-5-8/h1-6,12H,7H2,(H,19,20). The summed E-state index contributed by atoms with van der Waals surface area (Å²) in [5.74, 6) is -1.12. The molecule has 7 heteroatoms. The Hall–Kier alpha value is -2.28. The summed E-state index contributed by atoms with van der Waals surface area (Å²) in [6.07, 6.45) is -2.74. The maximum atomic E-state index is 13.0. The van der Waals surface area contributed by atoms with Crippen LogP contribution in [0.5, 0.6) is 0 Å². The van der Waals surface area contributed by atoms with Gasteiger partial charge in [0.2, 0.25) is 0 Å². The topological polar surface area (TPSA) is 55.1 Å². The Kier molecular flexibility index (Phi) is 3.42. The fourth-order valence-electron chi connectivity index (χ4n) is 2.12. The first-order chi connectivity index (χ1) is 10.1. The third-order valence-electron chi connectivity index (χ3n) is 3.04. The van der Waals surface area contributed by atoms with Crippen molar-refractivity contribution in [1.29, 1.82) is 0 Å². The number of hydrogen-bond donors (Lipinski definition) is 1. The summed E-state index contributed by atoms with van der Waals surface area (Å²) in [7, 11) is 0. The van der Waals surface area contributed by atoms with Crippen molar-refractivity contribution in [3.05, 3.63) is 52.5 Å². The van der Waals surface area contributed by atoms with Gasteiger partial charge >= 0.3 is 5.97 Å². The molecule has 0 unspecified atom stereocenters. The van der Waals surface area contributed by atoms with Gasteiger partial charge in [0.25, 0.3) is 6.43 Å². The highest BCUT2D eigenvalue weighted by Gasteiger charge is 2.22. The molecule has 0 aliphatic heterocycles. The van der Waals surface area contributed by atoms with E-state index >= 15 is 0 Å². The quantitative estimate of drug-likeness (QED) is 0.798. The molecule has 0 amide bonds. The highest BCUT2D eigenvalue weighted by molar-refractivity contribution is 7.20. The Morgan fingerprint density at radius 2 is 2.05 bits per heavy atom. The number of nitrogens with zero attached hydrogens (tertiary/aromatic N) is 2. The largest absolute Gasteiger partial charge is 0.477 e. The van der Waals surface area contributed by atoms with Crippen molar-refractivity contribution in [2.75, 3.05) is 0 Å². The van der Waals surface area contributed by atoms with E-state index < -0.39 is 12.4 Å². The van der Waals surface area contributed by atoms with E-state index in [-0.39, 0.29) is 16.0 Å². The second-order valence-electron chi connectivity index (χ2n) is 4.46. The molecule has 21 heavy (non-hydrogen) atoms. The molecule has 0 atom stereocenters. The Morgan fingerprint density at radius 3 is 2.67 bits per heavy atom. The second-order valence-corrected chi connectivity index (χ2v) is 5.49. The minimum Gasteiger partial charge on any atom is -0.477 e. The van der Waals surface area contributed by atoms with Crippen LogP contribution in [0.25, 0.3) is 10.2 Å². The average molecular weight is 308 g/mol. The first-order valence-corrected chi connectivity index (χ1v) is 6.93. The molecule has 108 valence electrons. The van der Waals surface area contributed by atoms with Crippen LogP contribution in [0, 0.1) is 0 Å². The molecular formula is C14H10F2N2O2S. The molecule has 3 aromatic rings. The first kappa shape index (κ1) is 13.7. The summed E-state index contributed by atoms with van der Waals surface area (Å²) in [6.45, 7) is 0.323. The first-order valence-electron chi connectivity index (χ1n) is 6.12. The number of carboxylic acids is 1. The predicted molar refractivity (Wildman–Crippen MR) is 75.1 cm³/mol. The van der Waals surface area contributed by atoms with E-state index in [0.29, 0.717) is 11.4 Å². The third kappa shape index (κ3) is 2.52. The van der Waals surface area contributed by atoms with Gasteiger partial charge in [-0.15, -0.1) is 11.3 Å². The molecule has 0 fully saturated rings. The summed E-state index contributed by atoms with van der Waals surface area (Å²) >= 11 is 0.957. The summed E-state index contributed by atoms with van der Waals surface area (Å²) in [5, 5.41) is 13.1. The zero-order chi connectivity index (χ0) is 15.0. The SMILES string of the molecule is O=C(O)c1cc2c(C(F)F)nn(Cc3ccccc3)c2s1. The fraction of sp³-hybridized carbons (Fsp3) is 0.143. The van der Waals surface area contributed by atoms with Crippen molar-refractivity contribution < 1.29 is 18.7 Å². The van der Waals surface area contributed by atoms with Crippen molar-refractivity contribution >= 4 is 27.5 Å². The summed E-state index contributed by atoms with van der Waals surface area (Å²) in [4.78, 5) is 11.5. The molecule has 0 saturated carbocycles. The van der Waals surface area contributed by atoms with Crippen molar-refractivity contribution in [3.63, 3.8) is 0 Å². The van der Waals surface area contributed by atoms with Crippen LogP contribution >= 0.6 is 11.3 Å². The van der Waals surface area contributed by atoms with Crippen LogP contribution in [-0.2, 0) is 6.54 Å². The van der Waals surface area contributed by atoms with Gasteiger partial charge in [0, 0.05) is 5.39 Å². The predicted octanol–water partition coefficient (Wildman–Crippen LogP) is 3.78. The monoisotopic (exact) mass is 308 g/mol. The normalized spacial score (nSPS) is 11.4. The zero-order valence-electron chi connectivity index (χ0n) is 10.7. The number of thiophene rings is 1. The third-order valence-corrected chi connectivity index (χ3v) is 4.18. The number of carbonyl (C=O) groups is 1. The highest BCUT2D eigenvalue weighted by atomic mass is 32.1. The van der Waals surface area contributed by atoms with Crippen LogP contribution < -0.4 is 0 Å². The molecule has 0 bridgehead atoms. The van der Waals surface area contributed by atoms with Crippen LogP contribution in [-0.4, -0.2) is 20.9 Å². The molecule has 2 heterocycles. The number of alkyl halides is 2. The van der Waals surface area contributed by atoms with Gasteiger partial charge in [-0.05, 0) is 11.6 Å². The lowest BCUT2D eigenvalue weighted by Crippen LogP contribution is -2.02. The van der Waals surface area contributed by atoms with Gasteiger partial charge in [0.15, 0.2) is 0 Å². The van der Waals surface area contributed by atoms with E-state index in [1.54, 1.807) is 0 Å². The fourth-order valence-corrected chi connectivity index (χ4v) is 3.07. The smallest absolute Gasteiger partial charge is 0.345 e. The van der Waals surface area contributed by atoms with E-state index in [4.69, 9.17) is 5.11 Å². The van der Waals surface area contributed by atoms with E-state index in [2.05, 4.69) is 5.10 Å². The molecule has 3 rings (SSSR count). The maximum absolute atomic E-state index is 13.0. The van der Waals surface area contributed by atoms with Gasteiger partial charge in [0.1, 0.15) is 15.4 Å². The number of rotatable bonds is 4. The van der Waals surface area contributed by atoms with Crippen LogP contribution in [0.1, 0.15) is 27.4 Å². The molecule has 1 aromatic carbocycles. The van der Waals surface area contributed by atoms with E-state index in [1.807, 2.05) is 30.3 Å².